The van der Waals surface area contributed by atoms with E-state index in [9.17, 15) is 13.2 Å². The number of nitrogens with two attached hydrogens (primary N) is 1. The van der Waals surface area contributed by atoms with Crippen molar-refractivity contribution >= 4 is 0 Å². The van der Waals surface area contributed by atoms with Gasteiger partial charge in [-0.3, -0.25) is 11.3 Å². The number of nitrogens with one attached hydrogen (secondary N) is 1. The van der Waals surface area contributed by atoms with Crippen LogP contribution in [0.15, 0.2) is 24.3 Å². The smallest absolute Gasteiger partial charge is 0.406 e. The molecule has 0 saturated heterocycles. The molecule has 0 radical (unpaired) electrons. The van der Waals surface area contributed by atoms with E-state index >= 15 is 0 Å². The Kier molecular flexibility index (Phi) is 6.81. The van der Waals surface area contributed by atoms with Gasteiger partial charge in [0.1, 0.15) is 5.75 Å². The molecule has 0 fully saturated rings. The first-order valence-electron chi connectivity index (χ1n) is 6.78. The molecule has 0 aliphatic rings. The van der Waals surface area contributed by atoms with Crippen LogP contribution in [0, 0.1) is 0 Å². The summed E-state index contributed by atoms with van der Waals surface area (Å²) < 4.78 is 40.0. The molecule has 1 aromatic carbocycles. The Bertz CT molecular complexity index is 379. The average molecular weight is 290 g/mol. The van der Waals surface area contributed by atoms with E-state index in [0.717, 1.165) is 31.2 Å². The van der Waals surface area contributed by atoms with Crippen molar-refractivity contribution in [2.75, 3.05) is 0 Å². The van der Waals surface area contributed by atoms with Crippen molar-refractivity contribution in [2.45, 2.75) is 51.4 Å². The van der Waals surface area contributed by atoms with Crippen LogP contribution in [0.2, 0.25) is 0 Å². The Balaban J connectivity index is 2.56. The molecule has 1 unspecified atom stereocenters. The number of rotatable bonds is 8. The molecule has 0 amide bonds. The molecular formula is C14H21F3N2O. The number of hydrogen-bond donors (Lipinski definition) is 2. The predicted molar refractivity (Wildman–Crippen MR) is 71.9 cm³/mol. The normalized spacial score (nSPS) is 13.2. The van der Waals surface area contributed by atoms with Crippen molar-refractivity contribution in [3.63, 3.8) is 0 Å². The summed E-state index contributed by atoms with van der Waals surface area (Å²) in [6.45, 7) is 2.14. The van der Waals surface area contributed by atoms with E-state index < -0.39 is 6.36 Å². The maximum atomic E-state index is 12.1. The molecule has 0 saturated carbocycles. The Labute approximate surface area is 117 Å². The molecule has 0 bridgehead atoms. The van der Waals surface area contributed by atoms with E-state index in [0.29, 0.717) is 0 Å². The quantitative estimate of drug-likeness (QED) is 0.431. The minimum Gasteiger partial charge on any atom is -0.406 e. The molecule has 0 heterocycles. The van der Waals surface area contributed by atoms with Gasteiger partial charge in [0.25, 0.3) is 0 Å². The van der Waals surface area contributed by atoms with Crippen LogP contribution in [0.1, 0.15) is 50.6 Å². The number of alkyl halides is 3. The molecular weight excluding hydrogens is 269 g/mol. The Morgan fingerprint density at radius 3 is 2.30 bits per heavy atom. The zero-order valence-corrected chi connectivity index (χ0v) is 11.5. The summed E-state index contributed by atoms with van der Waals surface area (Å²) in [7, 11) is 0. The fourth-order valence-corrected chi connectivity index (χ4v) is 2.02. The number of hydrazine groups is 1. The van der Waals surface area contributed by atoms with Crippen LogP contribution in [0.3, 0.4) is 0 Å². The van der Waals surface area contributed by atoms with Crippen molar-refractivity contribution in [3.05, 3.63) is 29.8 Å². The first-order chi connectivity index (χ1) is 9.46. The summed E-state index contributed by atoms with van der Waals surface area (Å²) in [6, 6.07) is 5.77. The third-order valence-corrected chi connectivity index (χ3v) is 3.06. The van der Waals surface area contributed by atoms with E-state index in [2.05, 4.69) is 17.1 Å². The topological polar surface area (TPSA) is 47.3 Å². The Hall–Kier alpha value is -1.27. The molecule has 3 nitrogen and oxygen atoms in total. The minimum absolute atomic E-state index is 0.0493. The number of hydrogen-bond acceptors (Lipinski definition) is 3. The minimum atomic E-state index is -4.66. The van der Waals surface area contributed by atoms with E-state index in [-0.39, 0.29) is 11.8 Å². The second kappa shape index (κ2) is 8.11. The molecule has 20 heavy (non-hydrogen) atoms. The lowest BCUT2D eigenvalue weighted by Gasteiger charge is -2.17. The van der Waals surface area contributed by atoms with Crippen molar-refractivity contribution < 1.29 is 17.9 Å². The van der Waals surface area contributed by atoms with Crippen molar-refractivity contribution in [1.82, 2.24) is 5.43 Å². The first-order valence-corrected chi connectivity index (χ1v) is 6.78. The largest absolute Gasteiger partial charge is 0.573 e. The van der Waals surface area contributed by atoms with E-state index in [1.807, 2.05) is 0 Å². The fourth-order valence-electron chi connectivity index (χ4n) is 2.02. The van der Waals surface area contributed by atoms with Gasteiger partial charge in [0.2, 0.25) is 0 Å². The highest BCUT2D eigenvalue weighted by atomic mass is 19.4. The zero-order chi connectivity index (χ0) is 15.0. The second-order valence-corrected chi connectivity index (χ2v) is 4.69. The van der Waals surface area contributed by atoms with Gasteiger partial charge in [-0.25, -0.2) is 0 Å². The van der Waals surface area contributed by atoms with E-state index in [4.69, 9.17) is 5.84 Å². The van der Waals surface area contributed by atoms with Crippen LogP contribution in [0.4, 0.5) is 13.2 Å². The van der Waals surface area contributed by atoms with Gasteiger partial charge in [-0.05, 0) is 24.1 Å². The standard InChI is InChI=1S/C14H21F3N2O/c1-2-3-4-5-6-13(19-18)11-7-9-12(10-8-11)20-14(15,16)17/h7-10,13,19H,2-6,18H2,1H3. The molecule has 1 aromatic rings. The number of ether oxygens (including phenoxy) is 1. The SMILES string of the molecule is CCCCCCC(NN)c1ccc(OC(F)(F)F)cc1. The van der Waals surface area contributed by atoms with Crippen LogP contribution in [-0.2, 0) is 0 Å². The summed E-state index contributed by atoms with van der Waals surface area (Å²) in [6.07, 6.45) is 0.691. The van der Waals surface area contributed by atoms with Crippen molar-refractivity contribution in [1.29, 1.82) is 0 Å². The zero-order valence-electron chi connectivity index (χ0n) is 11.5. The van der Waals surface area contributed by atoms with Crippen LogP contribution in [0.25, 0.3) is 0 Å². The summed E-state index contributed by atoms with van der Waals surface area (Å²) in [4.78, 5) is 0. The van der Waals surface area contributed by atoms with E-state index in [1.165, 1.54) is 18.6 Å². The van der Waals surface area contributed by atoms with Gasteiger partial charge in [0.05, 0.1) is 0 Å². The van der Waals surface area contributed by atoms with Crippen molar-refractivity contribution in [3.8, 4) is 5.75 Å². The Morgan fingerprint density at radius 1 is 1.15 bits per heavy atom. The molecule has 1 rings (SSSR count). The van der Waals surface area contributed by atoms with Crippen LogP contribution >= 0.6 is 0 Å². The first kappa shape index (κ1) is 16.8. The highest BCUT2D eigenvalue weighted by molar-refractivity contribution is 5.29. The van der Waals surface area contributed by atoms with Crippen LogP contribution in [0.5, 0.6) is 5.75 Å². The van der Waals surface area contributed by atoms with Gasteiger partial charge in [0, 0.05) is 6.04 Å². The maximum absolute atomic E-state index is 12.1. The predicted octanol–water partition coefficient (Wildman–Crippen LogP) is 4.06. The third kappa shape index (κ3) is 6.25. The van der Waals surface area contributed by atoms with Gasteiger partial charge >= 0.3 is 6.36 Å². The average Bonchev–Trinajstić information content (AvgIpc) is 2.38. The fraction of sp³-hybridized carbons (Fsp3) is 0.571. The molecule has 0 aromatic heterocycles. The Morgan fingerprint density at radius 2 is 1.80 bits per heavy atom. The van der Waals surface area contributed by atoms with Gasteiger partial charge in [-0.1, -0.05) is 44.7 Å². The molecule has 3 N–H and O–H groups in total. The molecule has 114 valence electrons. The van der Waals surface area contributed by atoms with Gasteiger partial charge in [-0.2, -0.15) is 0 Å². The third-order valence-electron chi connectivity index (χ3n) is 3.06. The molecule has 6 heteroatoms. The summed E-state index contributed by atoms with van der Waals surface area (Å²) in [5.41, 5.74) is 3.56. The second-order valence-electron chi connectivity index (χ2n) is 4.69. The van der Waals surface area contributed by atoms with Crippen molar-refractivity contribution in [2.24, 2.45) is 5.84 Å². The van der Waals surface area contributed by atoms with Crippen LogP contribution < -0.4 is 16.0 Å². The monoisotopic (exact) mass is 290 g/mol. The lowest BCUT2D eigenvalue weighted by Crippen LogP contribution is -2.28. The maximum Gasteiger partial charge on any atom is 0.573 e. The van der Waals surface area contributed by atoms with Gasteiger partial charge < -0.3 is 4.74 Å². The highest BCUT2D eigenvalue weighted by Crippen LogP contribution is 2.26. The summed E-state index contributed by atoms with van der Waals surface area (Å²) >= 11 is 0. The molecule has 1 atom stereocenters. The molecule has 0 aliphatic carbocycles. The molecule has 0 aliphatic heterocycles. The van der Waals surface area contributed by atoms with Gasteiger partial charge in [0.15, 0.2) is 0 Å². The summed E-state index contributed by atoms with van der Waals surface area (Å²) in [5, 5.41) is 0. The number of benzene rings is 1. The van der Waals surface area contributed by atoms with Crippen LogP contribution in [-0.4, -0.2) is 6.36 Å². The van der Waals surface area contributed by atoms with E-state index in [1.54, 1.807) is 12.1 Å². The number of halogens is 3. The molecule has 0 spiro atoms. The summed E-state index contributed by atoms with van der Waals surface area (Å²) in [5.74, 6) is 5.28. The lowest BCUT2D eigenvalue weighted by molar-refractivity contribution is -0.274. The highest BCUT2D eigenvalue weighted by Gasteiger charge is 2.31. The lowest BCUT2D eigenvalue weighted by atomic mass is 10.0. The number of unbranched alkanes of at least 4 members (excludes halogenated alkanes) is 3. The van der Waals surface area contributed by atoms with Gasteiger partial charge in [-0.15, -0.1) is 13.2 Å².